The lowest BCUT2D eigenvalue weighted by Gasteiger charge is -2.23. The van der Waals surface area contributed by atoms with Gasteiger partial charge >= 0.3 is 0 Å². The maximum atomic E-state index is 14.1. The molecule has 1 rings (SSSR count). The number of benzene rings is 1. The van der Waals surface area contributed by atoms with E-state index in [2.05, 4.69) is 0 Å². The third kappa shape index (κ3) is 2.16. The lowest BCUT2D eigenvalue weighted by atomic mass is 9.85. The molecule has 1 aromatic carbocycles. The van der Waals surface area contributed by atoms with Crippen LogP contribution in [0, 0.1) is 17.1 Å². The number of hydrogen-bond donors (Lipinski definition) is 0. The molecule has 0 spiro atoms. The number of rotatable bonds is 1. The van der Waals surface area contributed by atoms with E-state index in [-0.39, 0.29) is 11.0 Å². The zero-order valence-electron chi connectivity index (χ0n) is 10.4. The fourth-order valence-corrected chi connectivity index (χ4v) is 1.62. The van der Waals surface area contributed by atoms with Crippen molar-refractivity contribution in [3.63, 3.8) is 0 Å². The van der Waals surface area contributed by atoms with Gasteiger partial charge in [-0.2, -0.15) is 5.26 Å². The number of halogens is 1. The smallest absolute Gasteiger partial charge is 0.146 e. The summed E-state index contributed by atoms with van der Waals surface area (Å²) in [6, 6.07) is 5.49. The fraction of sp³-hybridized carbons (Fsp3) is 0.462. The average molecular weight is 220 g/mol. The van der Waals surface area contributed by atoms with Crippen LogP contribution < -0.4 is 4.90 Å². The van der Waals surface area contributed by atoms with E-state index in [0.29, 0.717) is 11.3 Å². The molecule has 0 fully saturated rings. The molecule has 0 aliphatic carbocycles. The van der Waals surface area contributed by atoms with E-state index in [9.17, 15) is 4.39 Å². The highest BCUT2D eigenvalue weighted by Gasteiger charge is 2.22. The van der Waals surface area contributed by atoms with E-state index in [1.807, 2.05) is 26.8 Å². The predicted molar refractivity (Wildman–Crippen MR) is 64.1 cm³/mol. The summed E-state index contributed by atoms with van der Waals surface area (Å²) in [5.74, 6) is -0.402. The summed E-state index contributed by atoms with van der Waals surface area (Å²) in [5, 5.41) is 9.02. The molecule has 2 nitrogen and oxygen atoms in total. The highest BCUT2D eigenvalue weighted by Crippen LogP contribution is 2.31. The Morgan fingerprint density at radius 2 is 1.81 bits per heavy atom. The molecule has 0 saturated carbocycles. The van der Waals surface area contributed by atoms with E-state index < -0.39 is 5.82 Å². The second kappa shape index (κ2) is 4.13. The molecule has 0 radical (unpaired) electrons. The van der Waals surface area contributed by atoms with Crippen LogP contribution in [-0.2, 0) is 5.41 Å². The number of nitriles is 1. The maximum Gasteiger partial charge on any atom is 0.146 e. The number of nitrogens with zero attached hydrogens (tertiary/aromatic N) is 2. The number of anilines is 1. The summed E-state index contributed by atoms with van der Waals surface area (Å²) in [6.07, 6.45) is 0. The van der Waals surface area contributed by atoms with Gasteiger partial charge in [-0.15, -0.1) is 0 Å². The van der Waals surface area contributed by atoms with Gasteiger partial charge in [-0.05, 0) is 17.0 Å². The van der Waals surface area contributed by atoms with Crippen molar-refractivity contribution in [3.8, 4) is 6.07 Å². The van der Waals surface area contributed by atoms with Crippen molar-refractivity contribution in [2.24, 2.45) is 0 Å². The first-order valence-electron chi connectivity index (χ1n) is 5.19. The summed E-state index contributed by atoms with van der Waals surface area (Å²) >= 11 is 0. The topological polar surface area (TPSA) is 27.0 Å². The Kier molecular flexibility index (Phi) is 3.23. The average Bonchev–Trinajstić information content (AvgIpc) is 2.14. The molecule has 0 bridgehead atoms. The van der Waals surface area contributed by atoms with Crippen molar-refractivity contribution < 1.29 is 4.39 Å². The predicted octanol–water partition coefficient (Wildman–Crippen LogP) is 3.06. The Morgan fingerprint density at radius 3 is 2.19 bits per heavy atom. The van der Waals surface area contributed by atoms with Crippen LogP contribution in [0.1, 0.15) is 31.9 Å². The molecule has 0 saturated heterocycles. The molecule has 0 aliphatic rings. The zero-order chi connectivity index (χ0) is 12.5. The second-order valence-corrected chi connectivity index (χ2v) is 5.08. The van der Waals surface area contributed by atoms with Crippen molar-refractivity contribution in [2.75, 3.05) is 19.0 Å². The summed E-state index contributed by atoms with van der Waals surface area (Å²) in [7, 11) is 3.60. The third-order valence-electron chi connectivity index (χ3n) is 2.52. The normalized spacial score (nSPS) is 11.1. The van der Waals surface area contributed by atoms with Crippen LogP contribution in [-0.4, -0.2) is 14.1 Å². The quantitative estimate of drug-likeness (QED) is 0.727. The minimum absolute atomic E-state index is 0.123. The van der Waals surface area contributed by atoms with Crippen molar-refractivity contribution in [3.05, 3.63) is 29.1 Å². The molecule has 86 valence electrons. The molecule has 0 heterocycles. The minimum Gasteiger partial charge on any atom is -0.377 e. The van der Waals surface area contributed by atoms with Gasteiger partial charge in [0.05, 0.1) is 5.69 Å². The molecular weight excluding hydrogens is 203 g/mol. The minimum atomic E-state index is -0.402. The van der Waals surface area contributed by atoms with Gasteiger partial charge in [0.25, 0.3) is 0 Å². The molecule has 16 heavy (non-hydrogen) atoms. The fourth-order valence-electron chi connectivity index (χ4n) is 1.62. The second-order valence-electron chi connectivity index (χ2n) is 5.08. The first-order chi connectivity index (χ1) is 7.29. The van der Waals surface area contributed by atoms with Gasteiger partial charge in [0, 0.05) is 14.1 Å². The Bertz CT molecular complexity index is 436. The van der Waals surface area contributed by atoms with Crippen molar-refractivity contribution in [2.45, 2.75) is 26.2 Å². The van der Waals surface area contributed by atoms with Crippen LogP contribution >= 0.6 is 0 Å². The van der Waals surface area contributed by atoms with E-state index in [4.69, 9.17) is 5.26 Å². The summed E-state index contributed by atoms with van der Waals surface area (Å²) in [4.78, 5) is 1.74. The first kappa shape index (κ1) is 12.5. The molecule has 0 amide bonds. The van der Waals surface area contributed by atoms with Gasteiger partial charge in [0.15, 0.2) is 0 Å². The van der Waals surface area contributed by atoms with E-state index >= 15 is 0 Å². The van der Waals surface area contributed by atoms with Crippen molar-refractivity contribution in [1.29, 1.82) is 5.26 Å². The van der Waals surface area contributed by atoms with E-state index in [1.165, 1.54) is 0 Å². The zero-order valence-corrected chi connectivity index (χ0v) is 10.4. The standard InChI is InChI=1S/C13H17FN2/c1-13(2,3)10-6-7-11(16(4)5)9(8-15)12(10)14/h6-7H,1-5H3. The van der Waals surface area contributed by atoms with Crippen molar-refractivity contribution in [1.82, 2.24) is 0 Å². The largest absolute Gasteiger partial charge is 0.377 e. The molecule has 3 heteroatoms. The third-order valence-corrected chi connectivity index (χ3v) is 2.52. The first-order valence-corrected chi connectivity index (χ1v) is 5.19. The van der Waals surface area contributed by atoms with Gasteiger partial charge in [-0.1, -0.05) is 26.8 Å². The molecule has 0 aliphatic heterocycles. The van der Waals surface area contributed by atoms with Gasteiger partial charge in [0.1, 0.15) is 17.4 Å². The molecule has 0 N–H and O–H groups in total. The maximum absolute atomic E-state index is 14.1. The summed E-state index contributed by atoms with van der Waals surface area (Å²) in [6.45, 7) is 5.80. The molecule has 0 atom stereocenters. The van der Waals surface area contributed by atoms with Gasteiger partial charge in [-0.25, -0.2) is 4.39 Å². The highest BCUT2D eigenvalue weighted by molar-refractivity contribution is 5.61. The lowest BCUT2D eigenvalue weighted by molar-refractivity contribution is 0.521. The Labute approximate surface area is 96.3 Å². The Balaban J connectivity index is 3.49. The molecular formula is C13H17FN2. The van der Waals surface area contributed by atoms with Crippen molar-refractivity contribution >= 4 is 5.69 Å². The van der Waals surface area contributed by atoms with E-state index in [1.54, 1.807) is 31.1 Å². The van der Waals surface area contributed by atoms with Crippen LogP contribution in [0.15, 0.2) is 12.1 Å². The lowest BCUT2D eigenvalue weighted by Crippen LogP contribution is -2.17. The Morgan fingerprint density at radius 1 is 1.25 bits per heavy atom. The van der Waals surface area contributed by atoms with E-state index in [0.717, 1.165) is 0 Å². The molecule has 0 aromatic heterocycles. The van der Waals surface area contributed by atoms with Crippen LogP contribution in [0.25, 0.3) is 0 Å². The van der Waals surface area contributed by atoms with Crippen LogP contribution in [0.5, 0.6) is 0 Å². The molecule has 1 aromatic rings. The molecule has 0 unspecified atom stereocenters. The van der Waals surface area contributed by atoms with Gasteiger partial charge < -0.3 is 4.90 Å². The highest BCUT2D eigenvalue weighted by atomic mass is 19.1. The van der Waals surface area contributed by atoms with Gasteiger partial charge in [0.2, 0.25) is 0 Å². The summed E-state index contributed by atoms with van der Waals surface area (Å²) in [5.41, 5.74) is 1.03. The van der Waals surface area contributed by atoms with Gasteiger partial charge in [-0.3, -0.25) is 0 Å². The summed E-state index contributed by atoms with van der Waals surface area (Å²) < 4.78 is 14.1. The SMILES string of the molecule is CN(C)c1ccc(C(C)(C)C)c(F)c1C#N. The Hall–Kier alpha value is -1.56. The van der Waals surface area contributed by atoms with Crippen LogP contribution in [0.3, 0.4) is 0 Å². The number of hydrogen-bond acceptors (Lipinski definition) is 2. The van der Waals surface area contributed by atoms with Crippen LogP contribution in [0.2, 0.25) is 0 Å². The monoisotopic (exact) mass is 220 g/mol. The van der Waals surface area contributed by atoms with Crippen LogP contribution in [0.4, 0.5) is 10.1 Å².